The van der Waals surface area contributed by atoms with E-state index < -0.39 is 30.6 Å². The van der Waals surface area contributed by atoms with Gasteiger partial charge in [0.05, 0.1) is 12.6 Å². The molecule has 2 atom stereocenters. The van der Waals surface area contributed by atoms with E-state index in [0.717, 1.165) is 11.1 Å². The number of carboxylic acid groups (broad SMARTS) is 1. The molecule has 0 saturated carbocycles. The summed E-state index contributed by atoms with van der Waals surface area (Å²) in [6, 6.07) is 6.07. The maximum atomic E-state index is 11.9. The fourth-order valence-electron chi connectivity index (χ4n) is 2.10. The van der Waals surface area contributed by atoms with Gasteiger partial charge in [-0.25, -0.2) is 4.79 Å². The zero-order chi connectivity index (χ0) is 13.8. The largest absolute Gasteiger partial charge is 0.480 e. The van der Waals surface area contributed by atoms with Crippen molar-refractivity contribution in [1.29, 1.82) is 0 Å². The molecule has 0 saturated heterocycles. The lowest BCUT2D eigenvalue weighted by atomic mass is 9.95. The molecule has 0 fully saturated rings. The molecular weight excluding hydrogens is 248 g/mol. The molecule has 0 radical (unpaired) electrons. The molecule has 1 aliphatic heterocycles. The van der Waals surface area contributed by atoms with Crippen LogP contribution in [0.1, 0.15) is 11.1 Å². The zero-order valence-corrected chi connectivity index (χ0v) is 10.3. The molecule has 1 aliphatic rings. The first-order chi connectivity index (χ1) is 9.11. The van der Waals surface area contributed by atoms with Crippen LogP contribution < -0.4 is 10.6 Å². The van der Waals surface area contributed by atoms with Gasteiger partial charge in [0.15, 0.2) is 0 Å². The van der Waals surface area contributed by atoms with E-state index in [-0.39, 0.29) is 0 Å². The molecule has 19 heavy (non-hydrogen) atoms. The van der Waals surface area contributed by atoms with Gasteiger partial charge in [0.2, 0.25) is 5.91 Å². The topological polar surface area (TPSA) is 98.7 Å². The Kier molecular flexibility index (Phi) is 4.13. The third kappa shape index (κ3) is 3.10. The summed E-state index contributed by atoms with van der Waals surface area (Å²) in [5.41, 5.74) is 2.22. The number of carbonyl (C=O) groups is 2. The second kappa shape index (κ2) is 5.81. The quantitative estimate of drug-likeness (QED) is 0.574. The Hall–Kier alpha value is -1.92. The number of aliphatic carboxylic acids is 1. The monoisotopic (exact) mass is 264 g/mol. The molecule has 0 bridgehead atoms. The predicted molar refractivity (Wildman–Crippen MR) is 67.4 cm³/mol. The van der Waals surface area contributed by atoms with Gasteiger partial charge in [-0.15, -0.1) is 0 Å². The highest BCUT2D eigenvalue weighted by molar-refractivity contribution is 5.87. The minimum absolute atomic E-state index is 0.407. The second-order valence-corrected chi connectivity index (χ2v) is 4.49. The van der Waals surface area contributed by atoms with Gasteiger partial charge < -0.3 is 20.8 Å². The minimum Gasteiger partial charge on any atom is -0.480 e. The highest BCUT2D eigenvalue weighted by Crippen LogP contribution is 2.16. The Morgan fingerprint density at radius 3 is 2.68 bits per heavy atom. The Bertz CT molecular complexity index is 489. The standard InChI is InChI=1S/C13H16N2O4/c16-7-11(13(18)19)15-12(17)10-5-8-3-1-2-4-9(8)6-14-10/h1-4,10-11,14,16H,5-7H2,(H,15,17)(H,18,19)/t10-,11+/m0/s1. The van der Waals surface area contributed by atoms with Gasteiger partial charge in [-0.3, -0.25) is 4.79 Å². The number of hydrogen-bond donors (Lipinski definition) is 4. The molecule has 1 amide bonds. The number of hydrogen-bond acceptors (Lipinski definition) is 4. The van der Waals surface area contributed by atoms with Crippen molar-refractivity contribution < 1.29 is 19.8 Å². The predicted octanol–water partition coefficient (Wildman–Crippen LogP) is -0.737. The summed E-state index contributed by atoms with van der Waals surface area (Å²) in [6.45, 7) is -0.0461. The van der Waals surface area contributed by atoms with Gasteiger partial charge in [0.25, 0.3) is 0 Å². The van der Waals surface area contributed by atoms with Gasteiger partial charge >= 0.3 is 5.97 Å². The molecule has 0 spiro atoms. The van der Waals surface area contributed by atoms with Crippen molar-refractivity contribution in [2.45, 2.75) is 25.0 Å². The average molecular weight is 264 g/mol. The van der Waals surface area contributed by atoms with Gasteiger partial charge in [-0.05, 0) is 17.5 Å². The van der Waals surface area contributed by atoms with Crippen LogP contribution in [0.2, 0.25) is 0 Å². The number of aliphatic hydroxyl groups excluding tert-OH is 1. The maximum Gasteiger partial charge on any atom is 0.328 e. The molecule has 1 aromatic rings. The van der Waals surface area contributed by atoms with E-state index in [1.165, 1.54) is 0 Å². The van der Waals surface area contributed by atoms with Crippen molar-refractivity contribution in [3.63, 3.8) is 0 Å². The highest BCUT2D eigenvalue weighted by atomic mass is 16.4. The number of benzene rings is 1. The molecule has 1 aromatic carbocycles. The molecule has 0 aromatic heterocycles. The summed E-state index contributed by atoms with van der Waals surface area (Å²) in [4.78, 5) is 22.7. The molecule has 4 N–H and O–H groups in total. The van der Waals surface area contributed by atoms with Crippen molar-refractivity contribution in [1.82, 2.24) is 10.6 Å². The minimum atomic E-state index is -1.26. The third-order valence-electron chi connectivity index (χ3n) is 3.19. The fraction of sp³-hybridized carbons (Fsp3) is 0.385. The average Bonchev–Trinajstić information content (AvgIpc) is 2.43. The molecule has 2 rings (SSSR count). The lowest BCUT2D eigenvalue weighted by molar-refractivity contribution is -0.143. The first-order valence-corrected chi connectivity index (χ1v) is 6.06. The van der Waals surface area contributed by atoms with E-state index in [1.54, 1.807) is 0 Å². The van der Waals surface area contributed by atoms with Gasteiger partial charge in [0.1, 0.15) is 6.04 Å². The van der Waals surface area contributed by atoms with Crippen molar-refractivity contribution in [3.8, 4) is 0 Å². The van der Waals surface area contributed by atoms with Crippen LogP contribution in [0.25, 0.3) is 0 Å². The Morgan fingerprint density at radius 1 is 1.37 bits per heavy atom. The van der Waals surface area contributed by atoms with Crippen LogP contribution in [0.3, 0.4) is 0 Å². The van der Waals surface area contributed by atoms with E-state index in [2.05, 4.69) is 10.6 Å². The highest BCUT2D eigenvalue weighted by Gasteiger charge is 2.27. The summed E-state index contributed by atoms with van der Waals surface area (Å²) < 4.78 is 0. The molecular formula is C13H16N2O4. The zero-order valence-electron chi connectivity index (χ0n) is 10.3. The van der Waals surface area contributed by atoms with Crippen LogP contribution in [0, 0.1) is 0 Å². The molecule has 1 heterocycles. The Morgan fingerprint density at radius 2 is 2.05 bits per heavy atom. The summed E-state index contributed by atoms with van der Waals surface area (Å²) in [7, 11) is 0. The number of carboxylic acids is 1. The van der Waals surface area contributed by atoms with Gasteiger partial charge in [-0.2, -0.15) is 0 Å². The van der Waals surface area contributed by atoms with Gasteiger partial charge in [0, 0.05) is 6.54 Å². The number of carbonyl (C=O) groups excluding carboxylic acids is 1. The fourth-order valence-corrected chi connectivity index (χ4v) is 2.10. The summed E-state index contributed by atoms with van der Waals surface area (Å²) in [6.07, 6.45) is 0.514. The van der Waals surface area contributed by atoms with Gasteiger partial charge in [-0.1, -0.05) is 24.3 Å². The number of rotatable bonds is 4. The van der Waals surface area contributed by atoms with Crippen LogP contribution in [0.4, 0.5) is 0 Å². The summed E-state index contributed by atoms with van der Waals surface area (Å²) in [5, 5.41) is 23.0. The number of nitrogens with one attached hydrogen (secondary N) is 2. The summed E-state index contributed by atoms with van der Waals surface area (Å²) in [5.74, 6) is -1.65. The van der Waals surface area contributed by atoms with E-state index in [4.69, 9.17) is 10.2 Å². The molecule has 0 unspecified atom stereocenters. The number of fused-ring (bicyclic) bond motifs is 1. The van der Waals surface area contributed by atoms with Crippen molar-refractivity contribution in [3.05, 3.63) is 35.4 Å². The third-order valence-corrected chi connectivity index (χ3v) is 3.19. The van der Waals surface area contributed by atoms with Crippen LogP contribution in [-0.2, 0) is 22.6 Å². The number of amides is 1. The molecule has 0 aliphatic carbocycles. The first kappa shape index (κ1) is 13.5. The van der Waals surface area contributed by atoms with Crippen LogP contribution in [0.15, 0.2) is 24.3 Å². The van der Waals surface area contributed by atoms with E-state index in [0.29, 0.717) is 13.0 Å². The normalized spacial score (nSPS) is 19.3. The molecule has 102 valence electrons. The van der Waals surface area contributed by atoms with Crippen molar-refractivity contribution in [2.24, 2.45) is 0 Å². The van der Waals surface area contributed by atoms with Crippen LogP contribution in [-0.4, -0.2) is 40.8 Å². The Labute approximate surface area is 110 Å². The van der Waals surface area contributed by atoms with E-state index >= 15 is 0 Å². The summed E-state index contributed by atoms with van der Waals surface area (Å²) >= 11 is 0. The first-order valence-electron chi connectivity index (χ1n) is 6.06. The molecule has 6 heteroatoms. The smallest absolute Gasteiger partial charge is 0.328 e. The van der Waals surface area contributed by atoms with Crippen molar-refractivity contribution >= 4 is 11.9 Å². The lowest BCUT2D eigenvalue weighted by Gasteiger charge is -2.26. The molecule has 6 nitrogen and oxygen atoms in total. The second-order valence-electron chi connectivity index (χ2n) is 4.49. The van der Waals surface area contributed by atoms with E-state index in [1.807, 2.05) is 24.3 Å². The SMILES string of the molecule is O=C(N[C@H](CO)C(=O)O)[C@@H]1Cc2ccccc2CN1. The van der Waals surface area contributed by atoms with Crippen LogP contribution in [0.5, 0.6) is 0 Å². The van der Waals surface area contributed by atoms with Crippen LogP contribution >= 0.6 is 0 Å². The van der Waals surface area contributed by atoms with E-state index in [9.17, 15) is 9.59 Å². The Balaban J connectivity index is 2.01. The number of aliphatic hydroxyl groups is 1. The lowest BCUT2D eigenvalue weighted by Crippen LogP contribution is -2.53. The maximum absolute atomic E-state index is 11.9. The van der Waals surface area contributed by atoms with Crippen molar-refractivity contribution in [2.75, 3.05) is 6.61 Å².